The Balaban J connectivity index is 2.35. The topological polar surface area (TPSA) is 126 Å². The van der Waals surface area contributed by atoms with Crippen molar-refractivity contribution in [2.45, 2.75) is 4.90 Å². The average molecular weight is 424 g/mol. The fourth-order valence-electron chi connectivity index (χ4n) is 2.45. The molecule has 0 heterocycles. The van der Waals surface area contributed by atoms with Crippen LogP contribution in [0.2, 0.25) is 0 Å². The van der Waals surface area contributed by atoms with Crippen LogP contribution in [0.3, 0.4) is 0 Å². The Morgan fingerprint density at radius 3 is 2.00 bits per heavy atom. The summed E-state index contributed by atoms with van der Waals surface area (Å²) in [5, 5.41) is 11.1. The van der Waals surface area contributed by atoms with Crippen molar-refractivity contribution in [1.82, 2.24) is 4.72 Å². The number of nitrogens with zero attached hydrogens (tertiary/aromatic N) is 1. The minimum absolute atomic E-state index is 0.0443. The quantitative estimate of drug-likeness (QED) is 0.481. The SMILES string of the molecule is COc1cc(OC)c(/C=C/NS(=O)(=O)c2ccc(OC)c([N+](=O)[O-])c2)c(OC)c1. The molecule has 11 heteroatoms. The lowest BCUT2D eigenvalue weighted by molar-refractivity contribution is -0.386. The number of nitro groups is 1. The van der Waals surface area contributed by atoms with Crippen LogP contribution in [-0.4, -0.2) is 41.8 Å². The van der Waals surface area contributed by atoms with Gasteiger partial charge in [-0.3, -0.25) is 14.8 Å². The molecule has 0 saturated heterocycles. The second-order valence-corrected chi connectivity index (χ2v) is 7.20. The summed E-state index contributed by atoms with van der Waals surface area (Å²) in [6.45, 7) is 0. The van der Waals surface area contributed by atoms with E-state index in [-0.39, 0.29) is 10.6 Å². The normalized spacial score (nSPS) is 11.2. The Bertz CT molecular complexity index is 1010. The molecule has 0 saturated carbocycles. The second-order valence-electron chi connectivity index (χ2n) is 5.49. The number of nitrogens with one attached hydrogen (secondary N) is 1. The third-order valence-electron chi connectivity index (χ3n) is 3.88. The highest BCUT2D eigenvalue weighted by Crippen LogP contribution is 2.35. The van der Waals surface area contributed by atoms with E-state index in [9.17, 15) is 18.5 Å². The van der Waals surface area contributed by atoms with Crippen LogP contribution in [0, 0.1) is 10.1 Å². The number of hydrogen-bond donors (Lipinski definition) is 1. The van der Waals surface area contributed by atoms with Gasteiger partial charge in [-0.15, -0.1) is 0 Å². The smallest absolute Gasteiger partial charge is 0.312 e. The molecule has 2 rings (SSSR count). The monoisotopic (exact) mass is 424 g/mol. The largest absolute Gasteiger partial charge is 0.496 e. The van der Waals surface area contributed by atoms with Crippen molar-refractivity contribution in [2.75, 3.05) is 28.4 Å². The van der Waals surface area contributed by atoms with Crippen LogP contribution in [0.5, 0.6) is 23.0 Å². The Labute approximate surface area is 167 Å². The average Bonchev–Trinajstić information content (AvgIpc) is 2.72. The van der Waals surface area contributed by atoms with Crippen LogP contribution in [0.15, 0.2) is 41.4 Å². The van der Waals surface area contributed by atoms with E-state index in [1.54, 1.807) is 12.1 Å². The predicted octanol–water partition coefficient (Wildman–Crippen LogP) is 2.58. The number of hydrogen-bond acceptors (Lipinski definition) is 8. The van der Waals surface area contributed by atoms with E-state index in [0.29, 0.717) is 22.8 Å². The van der Waals surface area contributed by atoms with E-state index >= 15 is 0 Å². The van der Waals surface area contributed by atoms with Gasteiger partial charge in [0, 0.05) is 24.4 Å². The van der Waals surface area contributed by atoms with Crippen molar-refractivity contribution in [3.63, 3.8) is 0 Å². The molecule has 2 aromatic carbocycles. The van der Waals surface area contributed by atoms with E-state index in [1.165, 1.54) is 46.6 Å². The van der Waals surface area contributed by atoms with Crippen LogP contribution in [-0.2, 0) is 10.0 Å². The molecule has 0 aliphatic rings. The number of nitro benzene ring substituents is 1. The molecule has 1 N–H and O–H groups in total. The molecule has 0 atom stereocenters. The zero-order valence-corrected chi connectivity index (χ0v) is 17.0. The molecule has 29 heavy (non-hydrogen) atoms. The zero-order valence-electron chi connectivity index (χ0n) is 16.2. The zero-order chi connectivity index (χ0) is 21.6. The lowest BCUT2D eigenvalue weighted by Crippen LogP contribution is -2.18. The van der Waals surface area contributed by atoms with Crippen molar-refractivity contribution in [3.8, 4) is 23.0 Å². The Morgan fingerprint density at radius 1 is 0.931 bits per heavy atom. The van der Waals surface area contributed by atoms with Crippen LogP contribution >= 0.6 is 0 Å². The maximum atomic E-state index is 12.5. The lowest BCUT2D eigenvalue weighted by atomic mass is 10.1. The van der Waals surface area contributed by atoms with Gasteiger partial charge in [0.25, 0.3) is 10.0 Å². The van der Waals surface area contributed by atoms with Crippen molar-refractivity contribution in [1.29, 1.82) is 0 Å². The Hall–Kier alpha value is -3.47. The van der Waals surface area contributed by atoms with E-state index < -0.39 is 20.6 Å². The third-order valence-corrected chi connectivity index (χ3v) is 5.20. The number of benzene rings is 2. The second kappa shape index (κ2) is 9.15. The predicted molar refractivity (Wildman–Crippen MR) is 105 cm³/mol. The Kier molecular flexibility index (Phi) is 6.89. The first kappa shape index (κ1) is 21.8. The van der Waals surface area contributed by atoms with Gasteiger partial charge in [0.2, 0.25) is 0 Å². The highest BCUT2D eigenvalue weighted by Gasteiger charge is 2.21. The van der Waals surface area contributed by atoms with Gasteiger partial charge in [0.15, 0.2) is 5.75 Å². The molecule has 0 aliphatic carbocycles. The highest BCUT2D eigenvalue weighted by molar-refractivity contribution is 7.89. The number of sulfonamides is 1. The van der Waals surface area contributed by atoms with Gasteiger partial charge in [0.1, 0.15) is 17.2 Å². The van der Waals surface area contributed by atoms with Crippen LogP contribution in [0.4, 0.5) is 5.69 Å². The molecule has 10 nitrogen and oxygen atoms in total. The number of methoxy groups -OCH3 is 4. The van der Waals surface area contributed by atoms with E-state index in [0.717, 1.165) is 12.3 Å². The number of ether oxygens (including phenoxy) is 4. The summed E-state index contributed by atoms with van der Waals surface area (Å²) in [5.74, 6) is 1.26. The van der Waals surface area contributed by atoms with Gasteiger partial charge in [-0.05, 0) is 18.2 Å². The third kappa shape index (κ3) is 4.88. The summed E-state index contributed by atoms with van der Waals surface area (Å²) in [7, 11) is 1.58. The van der Waals surface area contributed by atoms with E-state index in [4.69, 9.17) is 18.9 Å². The summed E-state index contributed by atoms with van der Waals surface area (Å²) in [6, 6.07) is 6.57. The van der Waals surface area contributed by atoms with Gasteiger partial charge >= 0.3 is 5.69 Å². The van der Waals surface area contributed by atoms with Gasteiger partial charge in [-0.25, -0.2) is 8.42 Å². The van der Waals surface area contributed by atoms with Gasteiger partial charge in [-0.2, -0.15) is 0 Å². The molecule has 0 aliphatic heterocycles. The van der Waals surface area contributed by atoms with E-state index in [1.807, 2.05) is 0 Å². The van der Waals surface area contributed by atoms with Crippen molar-refractivity contribution < 1.29 is 32.3 Å². The maximum Gasteiger partial charge on any atom is 0.312 e. The first-order valence-corrected chi connectivity index (χ1v) is 9.57. The van der Waals surface area contributed by atoms with Crippen molar-refractivity contribution in [3.05, 3.63) is 52.2 Å². The Morgan fingerprint density at radius 2 is 1.52 bits per heavy atom. The van der Waals surface area contributed by atoms with Crippen LogP contribution < -0.4 is 23.7 Å². The molecule has 0 aromatic heterocycles. The van der Waals surface area contributed by atoms with Crippen LogP contribution in [0.25, 0.3) is 6.08 Å². The van der Waals surface area contributed by atoms with E-state index in [2.05, 4.69) is 4.72 Å². The molecule has 0 spiro atoms. The lowest BCUT2D eigenvalue weighted by Gasteiger charge is -2.12. The van der Waals surface area contributed by atoms with Gasteiger partial charge in [-0.1, -0.05) is 0 Å². The first-order chi connectivity index (χ1) is 13.8. The maximum absolute atomic E-state index is 12.5. The molecular formula is C18H20N2O8S. The summed E-state index contributed by atoms with van der Waals surface area (Å²) < 4.78 is 47.8. The van der Waals surface area contributed by atoms with Crippen molar-refractivity contribution >= 4 is 21.8 Å². The standard InChI is InChI=1S/C18H20N2O8S/c1-25-12-9-17(27-3)14(18(10-12)28-4)7-8-19-29(23,24)13-5-6-16(26-2)15(11-13)20(21)22/h5-11,19H,1-4H3/b8-7+. The summed E-state index contributed by atoms with van der Waals surface area (Å²) in [6.07, 6.45) is 2.60. The minimum atomic E-state index is -4.07. The molecule has 156 valence electrons. The molecule has 0 unspecified atom stereocenters. The van der Waals surface area contributed by atoms with Gasteiger partial charge < -0.3 is 18.9 Å². The summed E-state index contributed by atoms with van der Waals surface area (Å²) >= 11 is 0. The van der Waals surface area contributed by atoms with Gasteiger partial charge in [0.05, 0.1) is 43.8 Å². The van der Waals surface area contributed by atoms with Crippen LogP contribution in [0.1, 0.15) is 5.56 Å². The molecular weight excluding hydrogens is 404 g/mol. The molecule has 0 bridgehead atoms. The first-order valence-electron chi connectivity index (χ1n) is 8.08. The molecule has 0 amide bonds. The summed E-state index contributed by atoms with van der Waals surface area (Å²) in [4.78, 5) is 10.1. The summed E-state index contributed by atoms with van der Waals surface area (Å²) in [5.41, 5.74) is 0.0112. The fraction of sp³-hybridized carbons (Fsp3) is 0.222. The van der Waals surface area contributed by atoms with Crippen molar-refractivity contribution in [2.24, 2.45) is 0 Å². The molecule has 2 aromatic rings. The number of rotatable bonds is 9. The molecule has 0 radical (unpaired) electrons. The minimum Gasteiger partial charge on any atom is -0.496 e. The highest BCUT2D eigenvalue weighted by atomic mass is 32.2. The molecule has 0 fully saturated rings. The fourth-order valence-corrected chi connectivity index (χ4v) is 3.35.